The molecular weight excluding hydrogens is 334 g/mol. The van der Waals surface area contributed by atoms with Crippen LogP contribution < -0.4 is 14.7 Å². The number of anilines is 3. The minimum absolute atomic E-state index is 0.0500. The molecule has 0 spiro atoms. The van der Waals surface area contributed by atoms with Crippen LogP contribution in [-0.2, 0) is 0 Å². The summed E-state index contributed by atoms with van der Waals surface area (Å²) >= 11 is 0. The molecule has 0 bridgehead atoms. The van der Waals surface area contributed by atoms with Crippen molar-refractivity contribution >= 4 is 17.1 Å². The van der Waals surface area contributed by atoms with Gasteiger partial charge in [-0.25, -0.2) is 0 Å². The fourth-order valence-electron chi connectivity index (χ4n) is 3.77. The van der Waals surface area contributed by atoms with Crippen LogP contribution in [0, 0.1) is 0 Å². The fourth-order valence-corrected chi connectivity index (χ4v) is 3.77. The van der Waals surface area contributed by atoms with Crippen molar-refractivity contribution in [3.63, 3.8) is 0 Å². The van der Waals surface area contributed by atoms with E-state index < -0.39 is 0 Å². The van der Waals surface area contributed by atoms with Gasteiger partial charge in [0.1, 0.15) is 11.9 Å². The number of nitrogens with zero attached hydrogens (tertiary/aromatic N) is 3. The Kier molecular flexibility index (Phi) is 4.63. The predicted octanol–water partition coefficient (Wildman–Crippen LogP) is 4.48. The van der Waals surface area contributed by atoms with Crippen LogP contribution in [0.3, 0.4) is 0 Å². The Morgan fingerprint density at radius 3 is 1.74 bits per heavy atom. The monoisotopic (exact) mass is 359 g/mol. The van der Waals surface area contributed by atoms with Gasteiger partial charge in [-0.1, -0.05) is 36.4 Å². The average molecular weight is 359 g/mol. The highest BCUT2D eigenvalue weighted by molar-refractivity contribution is 5.62. The van der Waals surface area contributed by atoms with Crippen molar-refractivity contribution in [1.29, 1.82) is 0 Å². The van der Waals surface area contributed by atoms with E-state index in [4.69, 9.17) is 0 Å². The van der Waals surface area contributed by atoms with E-state index in [0.717, 1.165) is 35.7 Å². The normalized spacial score (nSPS) is 14.6. The highest BCUT2D eigenvalue weighted by Gasteiger charge is 2.35. The molecule has 0 amide bonds. The Hall–Kier alpha value is -3.14. The molecule has 1 fully saturated rings. The SMILES string of the molecule is CN(C)c1ccc(C2N(c3ccccc3)CCN2c2ccccc2)c(O)c1. The summed E-state index contributed by atoms with van der Waals surface area (Å²) in [5, 5.41) is 10.9. The lowest BCUT2D eigenvalue weighted by atomic mass is 10.1. The third-order valence-corrected chi connectivity index (χ3v) is 5.16. The Morgan fingerprint density at radius 1 is 0.778 bits per heavy atom. The topological polar surface area (TPSA) is 30.0 Å². The number of phenolic OH excluding ortho intramolecular Hbond substituents is 1. The number of para-hydroxylation sites is 2. The molecule has 0 aliphatic carbocycles. The summed E-state index contributed by atoms with van der Waals surface area (Å²) in [5.41, 5.74) is 4.24. The number of benzene rings is 3. The van der Waals surface area contributed by atoms with Crippen LogP contribution in [0.4, 0.5) is 17.1 Å². The summed E-state index contributed by atoms with van der Waals surface area (Å²) in [4.78, 5) is 6.72. The first-order valence-electron chi connectivity index (χ1n) is 9.29. The molecule has 3 aromatic rings. The van der Waals surface area contributed by atoms with Crippen molar-refractivity contribution in [2.24, 2.45) is 0 Å². The second-order valence-electron chi connectivity index (χ2n) is 7.07. The van der Waals surface area contributed by atoms with E-state index in [0.29, 0.717) is 5.75 Å². The maximum Gasteiger partial charge on any atom is 0.132 e. The van der Waals surface area contributed by atoms with Crippen molar-refractivity contribution in [1.82, 2.24) is 0 Å². The predicted molar refractivity (Wildman–Crippen MR) is 113 cm³/mol. The molecule has 0 aromatic heterocycles. The van der Waals surface area contributed by atoms with Gasteiger partial charge in [0.2, 0.25) is 0 Å². The molecule has 3 aromatic carbocycles. The highest BCUT2D eigenvalue weighted by atomic mass is 16.3. The van der Waals surface area contributed by atoms with Crippen molar-refractivity contribution in [2.45, 2.75) is 6.17 Å². The second kappa shape index (κ2) is 7.23. The standard InChI is InChI=1S/C23H25N3O/c1-24(2)20-13-14-21(22(27)17-20)23-25(18-9-5-3-6-10-18)15-16-26(23)19-11-7-4-8-12-19/h3-14,17,23,27H,15-16H2,1-2H3. The van der Waals surface area contributed by atoms with Gasteiger partial charge in [0.05, 0.1) is 0 Å². The van der Waals surface area contributed by atoms with E-state index in [-0.39, 0.29) is 6.17 Å². The van der Waals surface area contributed by atoms with Crippen molar-refractivity contribution in [2.75, 3.05) is 41.9 Å². The van der Waals surface area contributed by atoms with Crippen LogP contribution >= 0.6 is 0 Å². The van der Waals surface area contributed by atoms with Gasteiger partial charge in [-0.3, -0.25) is 0 Å². The van der Waals surface area contributed by atoms with E-state index in [9.17, 15) is 5.11 Å². The molecule has 4 rings (SSSR count). The lowest BCUT2D eigenvalue weighted by Crippen LogP contribution is -2.31. The van der Waals surface area contributed by atoms with Gasteiger partial charge in [-0.15, -0.1) is 0 Å². The van der Waals surface area contributed by atoms with Gasteiger partial charge in [-0.05, 0) is 36.4 Å². The Morgan fingerprint density at radius 2 is 1.30 bits per heavy atom. The summed E-state index contributed by atoms with van der Waals surface area (Å²) in [7, 11) is 3.97. The van der Waals surface area contributed by atoms with Crippen molar-refractivity contribution < 1.29 is 5.11 Å². The first-order valence-corrected chi connectivity index (χ1v) is 9.29. The van der Waals surface area contributed by atoms with Gasteiger partial charge >= 0.3 is 0 Å². The number of hydrogen-bond donors (Lipinski definition) is 1. The van der Waals surface area contributed by atoms with Gasteiger partial charge in [0.15, 0.2) is 0 Å². The molecule has 1 saturated heterocycles. The maximum absolute atomic E-state index is 10.9. The lowest BCUT2D eigenvalue weighted by Gasteiger charge is -2.34. The molecule has 4 heteroatoms. The van der Waals surface area contributed by atoms with Crippen LogP contribution in [0.25, 0.3) is 0 Å². The lowest BCUT2D eigenvalue weighted by molar-refractivity contribution is 0.461. The molecule has 1 aliphatic heterocycles. The van der Waals surface area contributed by atoms with Gasteiger partial charge in [-0.2, -0.15) is 0 Å². The smallest absolute Gasteiger partial charge is 0.132 e. The summed E-state index contributed by atoms with van der Waals surface area (Å²) in [6.45, 7) is 1.80. The Bertz CT molecular complexity index is 849. The molecule has 0 unspecified atom stereocenters. The largest absolute Gasteiger partial charge is 0.507 e. The quantitative estimate of drug-likeness (QED) is 0.744. The van der Waals surface area contributed by atoms with E-state index in [1.807, 2.05) is 43.3 Å². The first-order chi connectivity index (χ1) is 13.1. The zero-order valence-corrected chi connectivity index (χ0v) is 15.8. The van der Waals surface area contributed by atoms with E-state index >= 15 is 0 Å². The van der Waals surface area contributed by atoms with E-state index in [2.05, 4.69) is 64.4 Å². The van der Waals surface area contributed by atoms with Crippen LogP contribution in [0.1, 0.15) is 11.7 Å². The minimum Gasteiger partial charge on any atom is -0.507 e. The third-order valence-electron chi connectivity index (χ3n) is 5.16. The molecule has 1 aliphatic rings. The second-order valence-corrected chi connectivity index (χ2v) is 7.07. The molecular formula is C23H25N3O. The van der Waals surface area contributed by atoms with Gasteiger partial charge < -0.3 is 19.8 Å². The molecule has 138 valence electrons. The maximum atomic E-state index is 10.9. The molecule has 27 heavy (non-hydrogen) atoms. The van der Waals surface area contributed by atoms with Gasteiger partial charge in [0.25, 0.3) is 0 Å². The van der Waals surface area contributed by atoms with Crippen LogP contribution in [-0.4, -0.2) is 32.3 Å². The number of hydrogen-bond acceptors (Lipinski definition) is 4. The van der Waals surface area contributed by atoms with Gasteiger partial charge in [0, 0.05) is 55.9 Å². The van der Waals surface area contributed by atoms with E-state index in [1.54, 1.807) is 0 Å². The molecule has 4 nitrogen and oxygen atoms in total. The molecule has 0 radical (unpaired) electrons. The zero-order chi connectivity index (χ0) is 18.8. The molecule has 0 saturated carbocycles. The number of phenols is 1. The van der Waals surface area contributed by atoms with Crippen LogP contribution in [0.15, 0.2) is 78.9 Å². The summed E-state index contributed by atoms with van der Waals surface area (Å²) in [6, 6.07) is 26.8. The highest BCUT2D eigenvalue weighted by Crippen LogP contribution is 2.41. The number of rotatable bonds is 4. The van der Waals surface area contributed by atoms with Crippen LogP contribution in [0.2, 0.25) is 0 Å². The first kappa shape index (κ1) is 17.3. The fraction of sp³-hybridized carbons (Fsp3) is 0.217. The molecule has 1 N–H and O–H groups in total. The summed E-state index contributed by atoms with van der Waals surface area (Å²) in [5.74, 6) is 0.329. The zero-order valence-electron chi connectivity index (χ0n) is 15.8. The number of aromatic hydroxyl groups is 1. The minimum atomic E-state index is -0.0500. The Balaban J connectivity index is 1.79. The van der Waals surface area contributed by atoms with Crippen molar-refractivity contribution in [3.8, 4) is 5.75 Å². The third kappa shape index (κ3) is 3.31. The molecule has 0 atom stereocenters. The average Bonchev–Trinajstić information content (AvgIpc) is 3.14. The summed E-state index contributed by atoms with van der Waals surface area (Å²) in [6.07, 6.45) is -0.0500. The molecule has 1 heterocycles. The van der Waals surface area contributed by atoms with Crippen molar-refractivity contribution in [3.05, 3.63) is 84.4 Å². The Labute approximate surface area is 160 Å². The summed E-state index contributed by atoms with van der Waals surface area (Å²) < 4.78 is 0. The van der Waals surface area contributed by atoms with E-state index in [1.165, 1.54) is 0 Å². The van der Waals surface area contributed by atoms with Crippen LogP contribution in [0.5, 0.6) is 5.75 Å².